The fraction of sp³-hybridized carbons (Fsp3) is 0.259. The van der Waals surface area contributed by atoms with Crippen molar-refractivity contribution in [3.05, 3.63) is 93.0 Å². The van der Waals surface area contributed by atoms with Gasteiger partial charge in [0.1, 0.15) is 17.9 Å². The van der Waals surface area contributed by atoms with E-state index in [9.17, 15) is 19.7 Å². The standard InChI is InChI=1S/C27H26N2O8/c1-34-24-14-18-12-13-28(26(30)20-6-4-5-7-22(20)29(32)33)23(21(18)15-25(24)35-2)16-37-19-10-8-17(9-11-19)27(31)36-3/h4-11,14-15,23H,12-13,16H2,1-3H3. The maximum atomic E-state index is 13.6. The van der Waals surface area contributed by atoms with Crippen molar-refractivity contribution in [3.8, 4) is 17.2 Å². The number of ether oxygens (including phenoxy) is 4. The second kappa shape index (κ2) is 11.0. The number of nitro groups is 1. The fourth-order valence-corrected chi connectivity index (χ4v) is 4.40. The first-order valence-corrected chi connectivity index (χ1v) is 11.5. The molecular weight excluding hydrogens is 480 g/mol. The Morgan fingerprint density at radius 2 is 1.68 bits per heavy atom. The maximum absolute atomic E-state index is 13.6. The number of methoxy groups -OCH3 is 3. The summed E-state index contributed by atoms with van der Waals surface area (Å²) in [4.78, 5) is 38.0. The third kappa shape index (κ3) is 5.18. The molecular formula is C27H26N2O8. The van der Waals surface area contributed by atoms with Crippen LogP contribution in [0.25, 0.3) is 0 Å². The number of nitro benzene ring substituents is 1. The van der Waals surface area contributed by atoms with E-state index in [-0.39, 0.29) is 17.9 Å². The molecule has 0 aliphatic carbocycles. The predicted octanol–water partition coefficient (Wildman–Crippen LogP) is 4.22. The number of fused-ring (bicyclic) bond motifs is 1. The van der Waals surface area contributed by atoms with Crippen LogP contribution in [0.5, 0.6) is 17.2 Å². The molecule has 1 unspecified atom stereocenters. The van der Waals surface area contributed by atoms with Gasteiger partial charge in [-0.3, -0.25) is 14.9 Å². The predicted molar refractivity (Wildman–Crippen MR) is 133 cm³/mol. The van der Waals surface area contributed by atoms with E-state index in [1.165, 1.54) is 32.4 Å². The van der Waals surface area contributed by atoms with Gasteiger partial charge in [0.15, 0.2) is 11.5 Å². The average molecular weight is 507 g/mol. The van der Waals surface area contributed by atoms with Gasteiger partial charge in [-0.15, -0.1) is 0 Å². The van der Waals surface area contributed by atoms with E-state index < -0.39 is 22.8 Å². The highest BCUT2D eigenvalue weighted by Crippen LogP contribution is 2.39. The second-order valence-corrected chi connectivity index (χ2v) is 8.27. The minimum absolute atomic E-state index is 0.00357. The van der Waals surface area contributed by atoms with Crippen LogP contribution in [-0.2, 0) is 11.2 Å². The highest BCUT2D eigenvalue weighted by atomic mass is 16.6. The number of para-hydroxylation sites is 1. The SMILES string of the molecule is COC(=O)c1ccc(OCC2c3cc(OC)c(OC)cc3CCN2C(=O)c2ccccc2[N+](=O)[O-])cc1. The van der Waals surface area contributed by atoms with E-state index in [0.29, 0.717) is 35.8 Å². The van der Waals surface area contributed by atoms with Crippen molar-refractivity contribution in [2.24, 2.45) is 0 Å². The highest BCUT2D eigenvalue weighted by Gasteiger charge is 2.35. The Hall–Kier alpha value is -4.60. The number of rotatable bonds is 8. The lowest BCUT2D eigenvalue weighted by Gasteiger charge is -2.37. The van der Waals surface area contributed by atoms with E-state index in [1.807, 2.05) is 6.07 Å². The van der Waals surface area contributed by atoms with Crippen LogP contribution in [0.2, 0.25) is 0 Å². The van der Waals surface area contributed by atoms with Crippen molar-refractivity contribution >= 4 is 17.6 Å². The van der Waals surface area contributed by atoms with Gasteiger partial charge in [0.05, 0.1) is 37.9 Å². The summed E-state index contributed by atoms with van der Waals surface area (Å²) in [6.07, 6.45) is 0.520. The summed E-state index contributed by atoms with van der Waals surface area (Å²) in [6.45, 7) is 0.384. The molecule has 0 aromatic heterocycles. The average Bonchev–Trinajstić information content (AvgIpc) is 2.94. The summed E-state index contributed by atoms with van der Waals surface area (Å²) < 4.78 is 21.7. The summed E-state index contributed by atoms with van der Waals surface area (Å²) in [5.74, 6) is 0.613. The first-order chi connectivity index (χ1) is 17.9. The van der Waals surface area contributed by atoms with Gasteiger partial charge in [-0.25, -0.2) is 4.79 Å². The van der Waals surface area contributed by atoms with E-state index in [2.05, 4.69) is 0 Å². The molecule has 0 saturated heterocycles. The molecule has 0 N–H and O–H groups in total. The maximum Gasteiger partial charge on any atom is 0.337 e. The van der Waals surface area contributed by atoms with Crippen LogP contribution in [0, 0.1) is 10.1 Å². The van der Waals surface area contributed by atoms with Crippen molar-refractivity contribution in [1.29, 1.82) is 0 Å². The second-order valence-electron chi connectivity index (χ2n) is 8.27. The fourth-order valence-electron chi connectivity index (χ4n) is 4.40. The number of esters is 1. The molecule has 192 valence electrons. The van der Waals surface area contributed by atoms with E-state index in [1.54, 1.807) is 48.4 Å². The lowest BCUT2D eigenvalue weighted by atomic mass is 9.91. The Bertz CT molecular complexity index is 1320. The van der Waals surface area contributed by atoms with Gasteiger partial charge in [-0.2, -0.15) is 0 Å². The summed E-state index contributed by atoms with van der Waals surface area (Å²) in [7, 11) is 4.38. The van der Waals surface area contributed by atoms with Crippen LogP contribution < -0.4 is 14.2 Å². The molecule has 3 aromatic rings. The topological polar surface area (TPSA) is 117 Å². The zero-order valence-electron chi connectivity index (χ0n) is 20.6. The van der Waals surface area contributed by atoms with Crippen molar-refractivity contribution in [2.45, 2.75) is 12.5 Å². The summed E-state index contributed by atoms with van der Waals surface area (Å²) in [5, 5.41) is 11.6. The summed E-state index contributed by atoms with van der Waals surface area (Å²) in [6, 6.07) is 15.4. The normalized spacial score (nSPS) is 14.4. The third-order valence-electron chi connectivity index (χ3n) is 6.28. The molecule has 0 fully saturated rings. The monoisotopic (exact) mass is 506 g/mol. The van der Waals surface area contributed by atoms with Gasteiger partial charge >= 0.3 is 5.97 Å². The number of hydrogen-bond donors (Lipinski definition) is 0. The minimum Gasteiger partial charge on any atom is -0.493 e. The number of amides is 1. The number of hydrogen-bond acceptors (Lipinski definition) is 8. The van der Waals surface area contributed by atoms with Crippen molar-refractivity contribution < 1.29 is 33.5 Å². The Kier molecular flexibility index (Phi) is 7.57. The van der Waals surface area contributed by atoms with Crippen LogP contribution in [0.1, 0.15) is 37.9 Å². The molecule has 10 heteroatoms. The summed E-state index contributed by atoms with van der Waals surface area (Å²) >= 11 is 0. The van der Waals surface area contributed by atoms with Crippen LogP contribution >= 0.6 is 0 Å². The molecule has 0 radical (unpaired) electrons. The Labute approximate surface area is 213 Å². The molecule has 0 spiro atoms. The summed E-state index contributed by atoms with van der Waals surface area (Å²) in [5.41, 5.74) is 1.87. The van der Waals surface area contributed by atoms with Gasteiger partial charge in [0.2, 0.25) is 0 Å². The number of carbonyl (C=O) groups excluding carboxylic acids is 2. The molecule has 1 aliphatic heterocycles. The molecule has 0 saturated carbocycles. The quantitative estimate of drug-likeness (QED) is 0.253. The largest absolute Gasteiger partial charge is 0.493 e. The molecule has 4 rings (SSSR count). The first-order valence-electron chi connectivity index (χ1n) is 11.5. The van der Waals surface area contributed by atoms with E-state index in [4.69, 9.17) is 18.9 Å². The van der Waals surface area contributed by atoms with Crippen LogP contribution in [0.3, 0.4) is 0 Å². The lowest BCUT2D eigenvalue weighted by Crippen LogP contribution is -2.42. The van der Waals surface area contributed by atoms with E-state index >= 15 is 0 Å². The number of carbonyl (C=O) groups is 2. The van der Waals surface area contributed by atoms with Gasteiger partial charge in [-0.05, 0) is 60.0 Å². The number of nitrogens with zero attached hydrogens (tertiary/aromatic N) is 2. The minimum atomic E-state index is -0.573. The molecule has 0 bridgehead atoms. The molecule has 3 aromatic carbocycles. The highest BCUT2D eigenvalue weighted by molar-refractivity contribution is 5.98. The molecule has 1 amide bonds. The van der Waals surface area contributed by atoms with Gasteiger partial charge < -0.3 is 23.8 Å². The lowest BCUT2D eigenvalue weighted by molar-refractivity contribution is -0.385. The Morgan fingerprint density at radius 3 is 2.32 bits per heavy atom. The molecule has 1 heterocycles. The van der Waals surface area contributed by atoms with Crippen molar-refractivity contribution in [3.63, 3.8) is 0 Å². The zero-order valence-corrected chi connectivity index (χ0v) is 20.6. The third-order valence-corrected chi connectivity index (χ3v) is 6.28. The zero-order chi connectivity index (χ0) is 26.5. The molecule has 1 aliphatic rings. The molecule has 1 atom stereocenters. The smallest absolute Gasteiger partial charge is 0.337 e. The van der Waals surface area contributed by atoms with Crippen molar-refractivity contribution in [2.75, 3.05) is 34.5 Å². The van der Waals surface area contributed by atoms with E-state index in [0.717, 1.165) is 11.1 Å². The van der Waals surface area contributed by atoms with Gasteiger partial charge in [0.25, 0.3) is 11.6 Å². The molecule has 10 nitrogen and oxygen atoms in total. The Morgan fingerprint density at radius 1 is 1.00 bits per heavy atom. The van der Waals surface area contributed by atoms with Crippen molar-refractivity contribution in [1.82, 2.24) is 4.90 Å². The van der Waals surface area contributed by atoms with Crippen LogP contribution in [-0.4, -0.2) is 56.2 Å². The van der Waals surface area contributed by atoms with Crippen LogP contribution in [0.4, 0.5) is 5.69 Å². The Balaban J connectivity index is 1.70. The van der Waals surface area contributed by atoms with Gasteiger partial charge in [-0.1, -0.05) is 12.1 Å². The van der Waals surface area contributed by atoms with Crippen LogP contribution in [0.15, 0.2) is 60.7 Å². The van der Waals surface area contributed by atoms with Gasteiger partial charge in [0, 0.05) is 12.6 Å². The molecule has 37 heavy (non-hydrogen) atoms. The first kappa shape index (κ1) is 25.5. The number of benzene rings is 3.